The normalized spacial score (nSPS) is 17.8. The molecule has 4 nitrogen and oxygen atoms in total. The lowest BCUT2D eigenvalue weighted by Crippen LogP contribution is -2.45. The van der Waals surface area contributed by atoms with Gasteiger partial charge in [0.2, 0.25) is 0 Å². The van der Waals surface area contributed by atoms with Crippen molar-refractivity contribution in [2.45, 2.75) is 13.0 Å². The smallest absolute Gasteiger partial charge is 0.338 e. The van der Waals surface area contributed by atoms with E-state index in [-0.39, 0.29) is 6.61 Å². The van der Waals surface area contributed by atoms with Gasteiger partial charge in [-0.25, -0.2) is 9.18 Å². The molecule has 0 amide bonds. The molecule has 0 saturated heterocycles. The van der Waals surface area contributed by atoms with Gasteiger partial charge in [-0.2, -0.15) is 0 Å². The molecule has 0 aromatic heterocycles. The fourth-order valence-corrected chi connectivity index (χ4v) is 2.39. The number of thiocarbonyl (C=S) groups is 1. The first kappa shape index (κ1) is 15.2. The standard InChI is InChI=1S/C15H15FN2O2S/c1-3-8-20-14(19)12-9(2)17-15(21)18-13(12)10-6-4-5-7-11(10)16/h3-7,13H,1,8H2,2H3,(H2,17,18,21)/t13-/m1/s1. The van der Waals surface area contributed by atoms with Crippen molar-refractivity contribution < 1.29 is 13.9 Å². The summed E-state index contributed by atoms with van der Waals surface area (Å²) >= 11 is 5.08. The van der Waals surface area contributed by atoms with Crippen molar-refractivity contribution in [2.24, 2.45) is 0 Å². The summed E-state index contributed by atoms with van der Waals surface area (Å²) in [5.74, 6) is -0.954. The molecule has 1 aromatic rings. The Balaban J connectivity index is 2.43. The molecular formula is C15H15FN2O2S. The van der Waals surface area contributed by atoms with Gasteiger partial charge in [-0.15, -0.1) is 0 Å². The second-order valence-corrected chi connectivity index (χ2v) is 4.89. The van der Waals surface area contributed by atoms with Gasteiger partial charge in [-0.3, -0.25) is 0 Å². The number of ether oxygens (including phenoxy) is 1. The highest BCUT2D eigenvalue weighted by Gasteiger charge is 2.32. The van der Waals surface area contributed by atoms with Crippen LogP contribution in [0.15, 0.2) is 48.2 Å². The van der Waals surface area contributed by atoms with Crippen LogP contribution in [0.25, 0.3) is 0 Å². The number of allylic oxidation sites excluding steroid dienone is 1. The van der Waals surface area contributed by atoms with E-state index in [9.17, 15) is 9.18 Å². The van der Waals surface area contributed by atoms with Crippen molar-refractivity contribution in [3.63, 3.8) is 0 Å². The van der Waals surface area contributed by atoms with Crippen LogP contribution in [0.4, 0.5) is 4.39 Å². The Labute approximate surface area is 127 Å². The van der Waals surface area contributed by atoms with Crippen LogP contribution in [0.5, 0.6) is 0 Å². The predicted molar refractivity (Wildman–Crippen MR) is 81.9 cm³/mol. The quantitative estimate of drug-likeness (QED) is 0.508. The summed E-state index contributed by atoms with van der Waals surface area (Å²) in [6, 6.07) is 5.55. The minimum absolute atomic E-state index is 0.0874. The second-order valence-electron chi connectivity index (χ2n) is 4.48. The van der Waals surface area contributed by atoms with Gasteiger partial charge in [0.25, 0.3) is 0 Å². The predicted octanol–water partition coefficient (Wildman–Crippen LogP) is 2.35. The first-order valence-electron chi connectivity index (χ1n) is 6.35. The van der Waals surface area contributed by atoms with Gasteiger partial charge in [0, 0.05) is 11.3 Å². The number of carbonyl (C=O) groups is 1. The lowest BCUT2D eigenvalue weighted by Gasteiger charge is -2.29. The number of carbonyl (C=O) groups excluding carboxylic acids is 1. The average molecular weight is 306 g/mol. The maximum Gasteiger partial charge on any atom is 0.338 e. The molecule has 2 N–H and O–H groups in total. The van der Waals surface area contributed by atoms with Crippen LogP contribution in [0.3, 0.4) is 0 Å². The topological polar surface area (TPSA) is 50.4 Å². The zero-order chi connectivity index (χ0) is 15.4. The highest BCUT2D eigenvalue weighted by Crippen LogP contribution is 2.29. The van der Waals surface area contributed by atoms with E-state index in [0.29, 0.717) is 21.9 Å². The molecular weight excluding hydrogens is 291 g/mol. The number of esters is 1. The third-order valence-electron chi connectivity index (χ3n) is 3.04. The van der Waals surface area contributed by atoms with Gasteiger partial charge < -0.3 is 15.4 Å². The average Bonchev–Trinajstić information content (AvgIpc) is 2.44. The third kappa shape index (κ3) is 3.28. The van der Waals surface area contributed by atoms with E-state index in [1.54, 1.807) is 25.1 Å². The minimum atomic E-state index is -0.683. The van der Waals surface area contributed by atoms with Gasteiger partial charge >= 0.3 is 5.97 Å². The largest absolute Gasteiger partial charge is 0.458 e. The van der Waals surface area contributed by atoms with Crippen molar-refractivity contribution in [3.05, 3.63) is 59.6 Å². The van der Waals surface area contributed by atoms with E-state index in [2.05, 4.69) is 17.2 Å². The molecule has 21 heavy (non-hydrogen) atoms. The van der Waals surface area contributed by atoms with Crippen molar-refractivity contribution in [2.75, 3.05) is 6.61 Å². The molecule has 0 radical (unpaired) electrons. The maximum atomic E-state index is 14.0. The summed E-state index contributed by atoms with van der Waals surface area (Å²) in [5.41, 5.74) is 1.18. The number of hydrogen-bond donors (Lipinski definition) is 2. The van der Waals surface area contributed by atoms with E-state index in [1.165, 1.54) is 12.1 Å². The van der Waals surface area contributed by atoms with Gasteiger partial charge in [-0.05, 0) is 25.2 Å². The zero-order valence-electron chi connectivity index (χ0n) is 11.5. The summed E-state index contributed by atoms with van der Waals surface area (Å²) in [5, 5.41) is 6.10. The van der Waals surface area contributed by atoms with Crippen LogP contribution in [-0.4, -0.2) is 17.7 Å². The van der Waals surface area contributed by atoms with Crippen LogP contribution in [0.2, 0.25) is 0 Å². The summed E-state index contributed by atoms with van der Waals surface area (Å²) in [7, 11) is 0. The minimum Gasteiger partial charge on any atom is -0.458 e. The molecule has 6 heteroatoms. The van der Waals surface area contributed by atoms with Crippen LogP contribution >= 0.6 is 12.2 Å². The molecule has 1 aromatic carbocycles. The fourth-order valence-electron chi connectivity index (χ4n) is 2.12. The molecule has 2 rings (SSSR count). The molecule has 110 valence electrons. The van der Waals surface area contributed by atoms with Crippen molar-refractivity contribution in [1.29, 1.82) is 0 Å². The Morgan fingerprint density at radius 1 is 1.52 bits per heavy atom. The zero-order valence-corrected chi connectivity index (χ0v) is 12.3. The van der Waals surface area contributed by atoms with E-state index in [1.807, 2.05) is 0 Å². The van der Waals surface area contributed by atoms with Gasteiger partial charge in [-0.1, -0.05) is 30.9 Å². The monoisotopic (exact) mass is 306 g/mol. The molecule has 1 aliphatic rings. The van der Waals surface area contributed by atoms with Crippen molar-refractivity contribution in [1.82, 2.24) is 10.6 Å². The number of benzene rings is 1. The van der Waals surface area contributed by atoms with Crippen LogP contribution in [0, 0.1) is 5.82 Å². The van der Waals surface area contributed by atoms with Crippen LogP contribution in [-0.2, 0) is 9.53 Å². The van der Waals surface area contributed by atoms with Crippen LogP contribution < -0.4 is 10.6 Å². The second kappa shape index (κ2) is 6.49. The molecule has 0 spiro atoms. The molecule has 1 aliphatic heterocycles. The highest BCUT2D eigenvalue weighted by atomic mass is 32.1. The summed E-state index contributed by atoms with van der Waals surface area (Å²) < 4.78 is 19.1. The molecule has 1 heterocycles. The molecule has 0 bridgehead atoms. The Bertz CT molecular complexity index is 628. The van der Waals surface area contributed by atoms with Gasteiger partial charge in [0.05, 0.1) is 11.6 Å². The Morgan fingerprint density at radius 2 is 2.24 bits per heavy atom. The lowest BCUT2D eigenvalue weighted by molar-refractivity contribution is -0.138. The number of hydrogen-bond acceptors (Lipinski definition) is 3. The first-order chi connectivity index (χ1) is 10.0. The maximum absolute atomic E-state index is 14.0. The molecule has 0 unspecified atom stereocenters. The molecule has 0 saturated carbocycles. The number of halogens is 1. The summed E-state index contributed by atoms with van der Waals surface area (Å²) in [6.07, 6.45) is 1.47. The van der Waals surface area contributed by atoms with E-state index >= 15 is 0 Å². The fraction of sp³-hybridized carbons (Fsp3) is 0.200. The molecule has 0 fully saturated rings. The Kier molecular flexibility index (Phi) is 4.70. The van der Waals surface area contributed by atoms with Crippen molar-refractivity contribution >= 4 is 23.3 Å². The van der Waals surface area contributed by atoms with Crippen molar-refractivity contribution in [3.8, 4) is 0 Å². The van der Waals surface area contributed by atoms with E-state index < -0.39 is 17.8 Å². The Morgan fingerprint density at radius 3 is 2.90 bits per heavy atom. The third-order valence-corrected chi connectivity index (χ3v) is 3.26. The van der Waals surface area contributed by atoms with Gasteiger partial charge in [0.1, 0.15) is 12.4 Å². The molecule has 1 atom stereocenters. The van der Waals surface area contributed by atoms with E-state index in [0.717, 1.165) is 0 Å². The number of nitrogens with one attached hydrogen (secondary N) is 2. The summed E-state index contributed by atoms with van der Waals surface area (Å²) in [4.78, 5) is 12.2. The van der Waals surface area contributed by atoms with E-state index in [4.69, 9.17) is 17.0 Å². The lowest BCUT2D eigenvalue weighted by atomic mass is 9.95. The number of rotatable bonds is 4. The summed E-state index contributed by atoms with van der Waals surface area (Å²) in [6.45, 7) is 5.28. The van der Waals surface area contributed by atoms with Crippen LogP contribution in [0.1, 0.15) is 18.5 Å². The van der Waals surface area contributed by atoms with Gasteiger partial charge in [0.15, 0.2) is 5.11 Å². The SMILES string of the molecule is C=CCOC(=O)C1=C(C)NC(=S)N[C@@H]1c1ccccc1F. The molecule has 0 aliphatic carbocycles. The Hall–Kier alpha value is -2.21. The first-order valence-corrected chi connectivity index (χ1v) is 6.76. The highest BCUT2D eigenvalue weighted by molar-refractivity contribution is 7.80.